The zero-order valence-electron chi connectivity index (χ0n) is 8.38. The molecule has 0 radical (unpaired) electrons. The number of aromatic nitrogens is 2. The van der Waals surface area contributed by atoms with Crippen LogP contribution in [0.1, 0.15) is 36.5 Å². The Morgan fingerprint density at radius 1 is 1.36 bits per heavy atom. The number of aryl methyl sites for hydroxylation is 1. The van der Waals surface area contributed by atoms with Gasteiger partial charge in [-0.25, -0.2) is 9.97 Å². The van der Waals surface area contributed by atoms with Gasteiger partial charge < -0.3 is 4.74 Å². The molecular weight excluding hydrogens is 200 g/mol. The van der Waals surface area contributed by atoms with Crippen LogP contribution in [-0.2, 0) is 17.6 Å². The molecule has 0 N–H and O–H groups in total. The number of ether oxygens (including phenoxy) is 1. The fourth-order valence-electron chi connectivity index (χ4n) is 1.69. The number of hydrogen-bond acceptors (Lipinski definition) is 3. The molecule has 1 aliphatic rings. The highest BCUT2D eigenvalue weighted by Gasteiger charge is 2.19. The molecule has 0 saturated carbocycles. The SMILES string of the molecule is COC(C)c1nc(Cl)c2c(n1)CCC2. The van der Waals surface area contributed by atoms with Crippen molar-refractivity contribution >= 4 is 11.6 Å². The van der Waals surface area contributed by atoms with Gasteiger partial charge in [0.2, 0.25) is 0 Å². The summed E-state index contributed by atoms with van der Waals surface area (Å²) in [6, 6.07) is 0. The summed E-state index contributed by atoms with van der Waals surface area (Å²) in [5.41, 5.74) is 2.22. The molecule has 1 aromatic rings. The largest absolute Gasteiger partial charge is 0.374 e. The molecule has 0 aliphatic heterocycles. The standard InChI is InChI=1S/C10H13ClN2O/c1-6(14-2)10-12-8-5-3-4-7(8)9(11)13-10/h6H,3-5H2,1-2H3. The van der Waals surface area contributed by atoms with Gasteiger partial charge in [0.15, 0.2) is 5.82 Å². The van der Waals surface area contributed by atoms with E-state index in [0.717, 1.165) is 30.5 Å². The summed E-state index contributed by atoms with van der Waals surface area (Å²) < 4.78 is 5.17. The minimum Gasteiger partial charge on any atom is -0.374 e. The van der Waals surface area contributed by atoms with E-state index in [2.05, 4.69) is 9.97 Å². The second kappa shape index (κ2) is 3.83. The van der Waals surface area contributed by atoms with Crippen molar-refractivity contribution in [2.45, 2.75) is 32.3 Å². The molecule has 1 unspecified atom stereocenters. The number of fused-ring (bicyclic) bond motifs is 1. The molecule has 2 rings (SSSR count). The predicted molar refractivity (Wildman–Crippen MR) is 54.5 cm³/mol. The summed E-state index contributed by atoms with van der Waals surface area (Å²) in [5.74, 6) is 0.693. The molecule has 0 spiro atoms. The molecule has 4 heteroatoms. The first-order valence-corrected chi connectivity index (χ1v) is 5.18. The lowest BCUT2D eigenvalue weighted by Crippen LogP contribution is -2.06. The maximum Gasteiger partial charge on any atom is 0.158 e. The average Bonchev–Trinajstić information content (AvgIpc) is 2.64. The molecule has 14 heavy (non-hydrogen) atoms. The van der Waals surface area contributed by atoms with Crippen molar-refractivity contribution in [1.82, 2.24) is 9.97 Å². The van der Waals surface area contributed by atoms with Gasteiger partial charge >= 0.3 is 0 Å². The van der Waals surface area contributed by atoms with Gasteiger partial charge in [0.05, 0.1) is 0 Å². The minimum atomic E-state index is -0.0848. The van der Waals surface area contributed by atoms with Gasteiger partial charge in [-0.15, -0.1) is 0 Å². The van der Waals surface area contributed by atoms with Crippen LogP contribution in [0.3, 0.4) is 0 Å². The van der Waals surface area contributed by atoms with E-state index < -0.39 is 0 Å². The lowest BCUT2D eigenvalue weighted by atomic mass is 10.2. The third kappa shape index (κ3) is 1.62. The van der Waals surface area contributed by atoms with E-state index in [9.17, 15) is 0 Å². The monoisotopic (exact) mass is 212 g/mol. The Bertz CT molecular complexity index is 354. The Hall–Kier alpha value is -0.670. The maximum absolute atomic E-state index is 6.07. The van der Waals surface area contributed by atoms with Crippen LogP contribution >= 0.6 is 11.6 Å². The molecule has 0 fully saturated rings. The van der Waals surface area contributed by atoms with Gasteiger partial charge in [0.1, 0.15) is 11.3 Å². The molecule has 0 aromatic carbocycles. The summed E-state index contributed by atoms with van der Waals surface area (Å²) >= 11 is 6.07. The molecule has 76 valence electrons. The molecule has 1 heterocycles. The number of hydrogen-bond donors (Lipinski definition) is 0. The zero-order chi connectivity index (χ0) is 10.1. The second-order valence-corrected chi connectivity index (χ2v) is 3.89. The first-order chi connectivity index (χ1) is 6.72. The summed E-state index contributed by atoms with van der Waals surface area (Å²) in [6.07, 6.45) is 3.07. The van der Waals surface area contributed by atoms with Gasteiger partial charge in [-0.05, 0) is 26.2 Å². The lowest BCUT2D eigenvalue weighted by Gasteiger charge is -2.10. The van der Waals surface area contributed by atoms with Crippen LogP contribution < -0.4 is 0 Å². The molecule has 1 aliphatic carbocycles. The molecule has 1 atom stereocenters. The van der Waals surface area contributed by atoms with Crippen LogP contribution in [0.2, 0.25) is 5.15 Å². The summed E-state index contributed by atoms with van der Waals surface area (Å²) in [7, 11) is 1.65. The van der Waals surface area contributed by atoms with Crippen LogP contribution in [0.4, 0.5) is 0 Å². The van der Waals surface area contributed by atoms with E-state index in [1.54, 1.807) is 7.11 Å². The number of methoxy groups -OCH3 is 1. The molecule has 0 saturated heterocycles. The van der Waals surface area contributed by atoms with Crippen molar-refractivity contribution in [3.05, 3.63) is 22.2 Å². The van der Waals surface area contributed by atoms with Gasteiger partial charge in [-0.1, -0.05) is 11.6 Å². The first-order valence-electron chi connectivity index (χ1n) is 4.80. The third-order valence-corrected chi connectivity index (χ3v) is 2.93. The Morgan fingerprint density at radius 3 is 2.86 bits per heavy atom. The highest BCUT2D eigenvalue weighted by molar-refractivity contribution is 6.30. The summed E-state index contributed by atoms with van der Waals surface area (Å²) in [6.45, 7) is 1.92. The maximum atomic E-state index is 6.07. The minimum absolute atomic E-state index is 0.0848. The molecule has 3 nitrogen and oxygen atoms in total. The summed E-state index contributed by atoms with van der Waals surface area (Å²) in [5, 5.41) is 0.603. The molecule has 0 amide bonds. The summed E-state index contributed by atoms with van der Waals surface area (Å²) in [4.78, 5) is 8.71. The van der Waals surface area contributed by atoms with Crippen LogP contribution in [-0.4, -0.2) is 17.1 Å². The highest BCUT2D eigenvalue weighted by Crippen LogP contribution is 2.27. The highest BCUT2D eigenvalue weighted by atomic mass is 35.5. The fraction of sp³-hybridized carbons (Fsp3) is 0.600. The van der Waals surface area contributed by atoms with Crippen molar-refractivity contribution < 1.29 is 4.74 Å². The lowest BCUT2D eigenvalue weighted by molar-refractivity contribution is 0.112. The Balaban J connectivity index is 2.41. The smallest absolute Gasteiger partial charge is 0.158 e. The first kappa shape index (κ1) is 9.87. The van der Waals surface area contributed by atoms with Crippen molar-refractivity contribution in [2.24, 2.45) is 0 Å². The zero-order valence-corrected chi connectivity index (χ0v) is 9.14. The van der Waals surface area contributed by atoms with E-state index in [1.165, 1.54) is 0 Å². The van der Waals surface area contributed by atoms with Crippen molar-refractivity contribution in [3.8, 4) is 0 Å². The fourth-order valence-corrected chi connectivity index (χ4v) is 1.98. The van der Waals surface area contributed by atoms with E-state index in [1.807, 2.05) is 6.92 Å². The molecule has 0 bridgehead atoms. The van der Waals surface area contributed by atoms with E-state index in [-0.39, 0.29) is 6.10 Å². The van der Waals surface area contributed by atoms with Crippen LogP contribution in [0.5, 0.6) is 0 Å². The normalized spacial score (nSPS) is 16.8. The molecule has 1 aromatic heterocycles. The average molecular weight is 213 g/mol. The molecular formula is C10H13ClN2O. The quantitative estimate of drug-likeness (QED) is 0.706. The van der Waals surface area contributed by atoms with E-state index in [4.69, 9.17) is 16.3 Å². The van der Waals surface area contributed by atoms with Crippen molar-refractivity contribution in [3.63, 3.8) is 0 Å². The van der Waals surface area contributed by atoms with Gasteiger partial charge in [0.25, 0.3) is 0 Å². The van der Waals surface area contributed by atoms with Gasteiger partial charge in [0, 0.05) is 18.4 Å². The Morgan fingerprint density at radius 2 is 2.14 bits per heavy atom. The Labute approximate surface area is 88.5 Å². The van der Waals surface area contributed by atoms with Crippen molar-refractivity contribution in [1.29, 1.82) is 0 Å². The van der Waals surface area contributed by atoms with E-state index >= 15 is 0 Å². The van der Waals surface area contributed by atoms with Crippen LogP contribution in [0, 0.1) is 0 Å². The van der Waals surface area contributed by atoms with Gasteiger partial charge in [-0.3, -0.25) is 0 Å². The Kier molecular flexibility index (Phi) is 2.70. The predicted octanol–water partition coefficient (Wildman–Crippen LogP) is 2.33. The topological polar surface area (TPSA) is 35.0 Å². The van der Waals surface area contributed by atoms with E-state index in [0.29, 0.717) is 11.0 Å². The van der Waals surface area contributed by atoms with Crippen molar-refractivity contribution in [2.75, 3.05) is 7.11 Å². The second-order valence-electron chi connectivity index (χ2n) is 3.53. The number of halogens is 1. The number of rotatable bonds is 2. The third-order valence-electron chi connectivity index (χ3n) is 2.62. The van der Waals surface area contributed by atoms with Crippen LogP contribution in [0.25, 0.3) is 0 Å². The number of nitrogens with zero attached hydrogens (tertiary/aromatic N) is 2. The van der Waals surface area contributed by atoms with Gasteiger partial charge in [-0.2, -0.15) is 0 Å². The van der Waals surface area contributed by atoms with Crippen LogP contribution in [0.15, 0.2) is 0 Å².